The third-order valence-corrected chi connectivity index (χ3v) is 19.1. The number of carbonyl (C=O) groups excluding carboxylic acids is 4. The molecule has 1 amide bonds. The number of allylic oxidation sites excluding steroid dienone is 1. The largest absolute Gasteiger partial charge is 0.464 e. The van der Waals surface area contributed by atoms with Gasteiger partial charge in [0, 0.05) is 41.8 Å². The van der Waals surface area contributed by atoms with Crippen LogP contribution in [0.1, 0.15) is 151 Å². The van der Waals surface area contributed by atoms with Crippen molar-refractivity contribution in [3.63, 3.8) is 0 Å². The molecule has 2 aromatic heterocycles. The van der Waals surface area contributed by atoms with Crippen molar-refractivity contribution in [2.75, 3.05) is 6.54 Å². The Labute approximate surface area is 356 Å². The summed E-state index contributed by atoms with van der Waals surface area (Å²) in [5.41, 5.74) is 2.58. The van der Waals surface area contributed by atoms with Crippen LogP contribution < -0.4 is 0 Å². The summed E-state index contributed by atoms with van der Waals surface area (Å²) >= 11 is 0. The van der Waals surface area contributed by atoms with Gasteiger partial charge in [0.2, 0.25) is 5.91 Å². The molecule has 0 unspecified atom stereocenters. The summed E-state index contributed by atoms with van der Waals surface area (Å²) in [5.74, 6) is 1.80. The second-order valence-corrected chi connectivity index (χ2v) is 22.5. The van der Waals surface area contributed by atoms with Gasteiger partial charge in [-0.15, -0.1) is 0 Å². The quantitative estimate of drug-likeness (QED) is 0.206. The van der Waals surface area contributed by atoms with Gasteiger partial charge in [-0.05, 0) is 134 Å². The molecule has 9 rings (SSSR count). The fraction of sp³-hybridized carbons (Fsp3) is 0.720. The first kappa shape index (κ1) is 41.5. The van der Waals surface area contributed by atoms with Crippen LogP contribution in [0.5, 0.6) is 0 Å². The van der Waals surface area contributed by atoms with Crippen molar-refractivity contribution >= 4 is 24.1 Å². The minimum atomic E-state index is -0.801. The molecule has 11 atom stereocenters. The van der Waals surface area contributed by atoms with Gasteiger partial charge in [0.05, 0.1) is 29.3 Å². The summed E-state index contributed by atoms with van der Waals surface area (Å²) in [6, 6.07) is 3.78. The highest BCUT2D eigenvalue weighted by molar-refractivity contribution is 6.07. The van der Waals surface area contributed by atoms with Crippen molar-refractivity contribution in [3.8, 4) is 11.3 Å². The molecule has 1 N–H and O–H groups in total. The van der Waals surface area contributed by atoms with E-state index in [1.54, 1.807) is 6.20 Å². The van der Waals surface area contributed by atoms with Crippen LogP contribution in [0.25, 0.3) is 11.3 Å². The second kappa shape index (κ2) is 14.1. The predicted octanol–water partition coefficient (Wildman–Crippen LogP) is 9.62. The number of amides is 1. The van der Waals surface area contributed by atoms with Crippen molar-refractivity contribution in [1.82, 2.24) is 19.9 Å². The van der Waals surface area contributed by atoms with E-state index in [1.165, 1.54) is 5.57 Å². The van der Waals surface area contributed by atoms with E-state index < -0.39 is 10.8 Å². The highest BCUT2D eigenvalue weighted by Gasteiger charge is 2.71. The molecule has 324 valence electrons. The van der Waals surface area contributed by atoms with Gasteiger partial charge in [0.25, 0.3) is 6.47 Å². The van der Waals surface area contributed by atoms with Crippen molar-refractivity contribution in [2.45, 2.75) is 158 Å². The SMILES string of the molecule is CC(C)C1=C2[C@H]3CC[C@@H]4[C@@]5(C)CC[C@H](OC(=O)[C@H]6C[C@@H](OC=O)C6(C)C)C(C)(C)[C@@H]5CC[C@@]4(C)[C@]3(C)CC[C@@]2(C(=O)N2CCC[C@H]2c2ncc(-c3cccnc3)[nH]2)CC1=O. The van der Waals surface area contributed by atoms with Gasteiger partial charge in [-0.3, -0.25) is 24.2 Å². The molecule has 0 bridgehead atoms. The minimum Gasteiger partial charge on any atom is -0.464 e. The summed E-state index contributed by atoms with van der Waals surface area (Å²) in [6.45, 7) is 21.8. The average Bonchev–Trinajstić information content (AvgIpc) is 3.96. The number of aromatic nitrogens is 3. The number of rotatable bonds is 8. The van der Waals surface area contributed by atoms with Crippen molar-refractivity contribution in [1.29, 1.82) is 0 Å². The lowest BCUT2D eigenvalue weighted by Gasteiger charge is -2.72. The predicted molar refractivity (Wildman–Crippen MR) is 228 cm³/mol. The number of nitrogens with zero attached hydrogens (tertiary/aromatic N) is 3. The van der Waals surface area contributed by atoms with E-state index in [-0.39, 0.29) is 75.3 Å². The highest BCUT2D eigenvalue weighted by atomic mass is 16.6. The number of pyridine rings is 1. The molecule has 1 saturated heterocycles. The van der Waals surface area contributed by atoms with E-state index >= 15 is 4.79 Å². The molecule has 2 aromatic rings. The summed E-state index contributed by atoms with van der Waals surface area (Å²) in [6.07, 6.45) is 15.3. The van der Waals surface area contributed by atoms with E-state index in [0.717, 1.165) is 80.4 Å². The number of nitrogens with one attached hydrogen (secondary N) is 1. The Morgan fingerprint density at radius 1 is 0.900 bits per heavy atom. The van der Waals surface area contributed by atoms with Gasteiger partial charge in [-0.2, -0.15) is 0 Å². The van der Waals surface area contributed by atoms with Crippen LogP contribution in [0.3, 0.4) is 0 Å². The molecule has 7 aliphatic rings. The number of ether oxygens (including phenoxy) is 2. The monoisotopic (exact) mass is 821 g/mol. The molecule has 6 aliphatic carbocycles. The van der Waals surface area contributed by atoms with Crippen LogP contribution in [-0.2, 0) is 28.7 Å². The first-order valence-corrected chi connectivity index (χ1v) is 23.2. The number of aromatic amines is 1. The van der Waals surface area contributed by atoms with E-state index in [2.05, 4.69) is 63.3 Å². The number of Topliss-reactive ketones (excluding diaryl/α,β-unsaturated/α-hetero) is 1. The lowest BCUT2D eigenvalue weighted by atomic mass is 9.33. The zero-order chi connectivity index (χ0) is 42.8. The normalized spacial score (nSPS) is 40.2. The minimum absolute atomic E-state index is 0.0211. The Morgan fingerprint density at radius 2 is 1.68 bits per heavy atom. The van der Waals surface area contributed by atoms with E-state index in [9.17, 15) is 14.4 Å². The number of fused-ring (bicyclic) bond motifs is 7. The molecule has 0 radical (unpaired) electrons. The van der Waals surface area contributed by atoms with Gasteiger partial charge < -0.3 is 19.4 Å². The standard InChI is InChI=1S/C50H68N4O6/c1-29(2)40-35(56)25-50(44(58)54-23-11-13-34(54)42-52-27-33(53-42)30-12-10-22-51-26-30)21-20-48(8)31(41(40)50)14-15-37-47(7)18-17-38(46(5,6)36(47)16-19-49(37,48)9)60-43(57)32-24-39(59-28-55)45(32,3)4/h10,12,22,26-29,31-32,34,36-39H,11,13-21,23-25H2,1-9H3,(H,52,53)/t31-,32-,34+,36+,37-,38+,39-,47+,48-,49-,50-/m1/s1. The maximum Gasteiger partial charge on any atom is 0.310 e. The van der Waals surface area contributed by atoms with Crippen LogP contribution in [-0.4, -0.2) is 62.7 Å². The fourth-order valence-electron chi connectivity index (χ4n) is 15.6. The number of H-pyrrole nitrogens is 1. The molecule has 3 heterocycles. The maximum absolute atomic E-state index is 15.5. The van der Waals surface area contributed by atoms with E-state index in [0.29, 0.717) is 44.1 Å². The van der Waals surface area contributed by atoms with Crippen molar-refractivity contribution in [3.05, 3.63) is 47.7 Å². The zero-order valence-electron chi connectivity index (χ0n) is 37.6. The maximum atomic E-state index is 15.5. The molecule has 6 fully saturated rings. The lowest BCUT2D eigenvalue weighted by Crippen LogP contribution is -2.66. The molecule has 10 heteroatoms. The average molecular weight is 821 g/mol. The topological polar surface area (TPSA) is 132 Å². The zero-order valence-corrected chi connectivity index (χ0v) is 37.6. The van der Waals surface area contributed by atoms with Crippen molar-refractivity contribution < 1.29 is 28.7 Å². The number of carbonyl (C=O) groups is 4. The third kappa shape index (κ3) is 5.68. The van der Waals surface area contributed by atoms with Gasteiger partial charge >= 0.3 is 5.97 Å². The summed E-state index contributed by atoms with van der Waals surface area (Å²) in [5, 5.41) is 0. The summed E-state index contributed by atoms with van der Waals surface area (Å²) < 4.78 is 11.8. The number of esters is 1. The first-order valence-electron chi connectivity index (χ1n) is 23.2. The molecule has 0 aromatic carbocycles. The molecule has 60 heavy (non-hydrogen) atoms. The van der Waals surface area contributed by atoms with Crippen LogP contribution in [0.15, 0.2) is 41.9 Å². The van der Waals surface area contributed by atoms with Gasteiger partial charge in [-0.25, -0.2) is 4.98 Å². The molecule has 0 spiro atoms. The van der Waals surface area contributed by atoms with E-state index in [4.69, 9.17) is 14.5 Å². The van der Waals surface area contributed by atoms with Crippen LogP contribution in [0.4, 0.5) is 0 Å². The Bertz CT molecular complexity index is 2110. The molecule has 1 aliphatic heterocycles. The van der Waals surface area contributed by atoms with Crippen LogP contribution >= 0.6 is 0 Å². The number of likely N-dealkylation sites (tertiary alicyclic amines) is 1. The van der Waals surface area contributed by atoms with Crippen molar-refractivity contribution in [2.24, 2.45) is 62.1 Å². The Balaban J connectivity index is 0.989. The third-order valence-electron chi connectivity index (χ3n) is 19.1. The number of ketones is 1. The summed E-state index contributed by atoms with van der Waals surface area (Å²) in [4.78, 5) is 69.5. The Hall–Kier alpha value is -3.82. The number of imidazole rings is 1. The Morgan fingerprint density at radius 3 is 2.38 bits per heavy atom. The first-order chi connectivity index (χ1) is 28.3. The van der Waals surface area contributed by atoms with Gasteiger partial charge in [0.1, 0.15) is 18.0 Å². The number of hydrogen-bond acceptors (Lipinski definition) is 8. The van der Waals surface area contributed by atoms with Crippen LogP contribution in [0.2, 0.25) is 0 Å². The highest BCUT2D eigenvalue weighted by Crippen LogP contribution is 2.77. The lowest BCUT2D eigenvalue weighted by molar-refractivity contribution is -0.237. The smallest absolute Gasteiger partial charge is 0.310 e. The second-order valence-electron chi connectivity index (χ2n) is 22.5. The van der Waals surface area contributed by atoms with Gasteiger partial charge in [0.15, 0.2) is 5.78 Å². The molecule has 5 saturated carbocycles. The summed E-state index contributed by atoms with van der Waals surface area (Å²) in [7, 11) is 0. The molecular weight excluding hydrogens is 753 g/mol. The van der Waals surface area contributed by atoms with Crippen LogP contribution in [0, 0.1) is 62.1 Å². The molecular formula is C50H68N4O6. The van der Waals surface area contributed by atoms with Gasteiger partial charge in [-0.1, -0.05) is 62.3 Å². The fourth-order valence-corrected chi connectivity index (χ4v) is 15.6. The molecule has 10 nitrogen and oxygen atoms in total. The number of hydrogen-bond donors (Lipinski definition) is 1. The van der Waals surface area contributed by atoms with E-state index in [1.807, 2.05) is 38.4 Å². The Kier molecular flexibility index (Phi) is 9.76.